The summed E-state index contributed by atoms with van der Waals surface area (Å²) in [5, 5.41) is 7.30. The Labute approximate surface area is 89.4 Å². The van der Waals surface area contributed by atoms with Gasteiger partial charge in [-0.15, -0.1) is 0 Å². The summed E-state index contributed by atoms with van der Waals surface area (Å²) in [5.41, 5.74) is 6.62. The zero-order valence-electron chi connectivity index (χ0n) is 8.36. The number of hydrogen-bond donors (Lipinski definition) is 2. The van der Waals surface area contributed by atoms with Crippen LogP contribution < -0.4 is 5.73 Å². The molecule has 76 valence electrons. The number of nitrogens with two attached hydrogens (primary N) is 1. The van der Waals surface area contributed by atoms with E-state index in [1.54, 1.807) is 0 Å². The van der Waals surface area contributed by atoms with Gasteiger partial charge < -0.3 is 5.73 Å². The van der Waals surface area contributed by atoms with Crippen LogP contribution >= 0.6 is 11.8 Å². The number of nitrogens with one attached hydrogen (secondary N) is 1. The second-order valence-corrected chi connectivity index (χ2v) is 4.45. The molecule has 1 aromatic carbocycles. The van der Waals surface area contributed by atoms with E-state index in [0.717, 1.165) is 12.2 Å². The Morgan fingerprint density at radius 1 is 1.43 bits per heavy atom. The van der Waals surface area contributed by atoms with Gasteiger partial charge in [-0.2, -0.15) is 0 Å². The van der Waals surface area contributed by atoms with Crippen molar-refractivity contribution in [3.63, 3.8) is 0 Å². The number of thioether (sulfide) groups is 1. The molecular weight excluding hydrogens is 192 g/mol. The summed E-state index contributed by atoms with van der Waals surface area (Å²) in [6.45, 7) is 2.20. The summed E-state index contributed by atoms with van der Waals surface area (Å²) in [7, 11) is 0. The minimum atomic E-state index is 0.213. The Bertz CT molecular complexity index is 285. The summed E-state index contributed by atoms with van der Waals surface area (Å²) < 4.78 is 0. The lowest BCUT2D eigenvalue weighted by atomic mass is 9.99. The molecule has 0 aromatic heterocycles. The lowest BCUT2D eigenvalue weighted by molar-refractivity contribution is 0.742. The average molecular weight is 208 g/mol. The SMILES string of the molecule is C[C@@H](CCSC(=N)N)c1ccccc1. The van der Waals surface area contributed by atoms with Crippen molar-refractivity contribution < 1.29 is 0 Å². The first-order valence-corrected chi connectivity index (χ1v) is 5.70. The molecule has 0 aliphatic rings. The first kappa shape index (κ1) is 11.1. The van der Waals surface area contributed by atoms with Crippen LogP contribution in [-0.2, 0) is 0 Å². The molecule has 3 heteroatoms. The maximum Gasteiger partial charge on any atom is 0.151 e. The summed E-state index contributed by atoms with van der Waals surface area (Å²) in [6.07, 6.45) is 1.06. The molecule has 1 rings (SSSR count). The molecule has 0 saturated carbocycles. The summed E-state index contributed by atoms with van der Waals surface area (Å²) in [5.74, 6) is 1.47. The van der Waals surface area contributed by atoms with Gasteiger partial charge >= 0.3 is 0 Å². The highest BCUT2D eigenvalue weighted by Gasteiger charge is 2.04. The molecule has 14 heavy (non-hydrogen) atoms. The van der Waals surface area contributed by atoms with Gasteiger partial charge in [-0.3, -0.25) is 5.41 Å². The van der Waals surface area contributed by atoms with Crippen molar-refractivity contribution >= 4 is 16.9 Å². The van der Waals surface area contributed by atoms with Crippen LogP contribution in [0.4, 0.5) is 0 Å². The van der Waals surface area contributed by atoms with E-state index in [4.69, 9.17) is 11.1 Å². The topological polar surface area (TPSA) is 49.9 Å². The van der Waals surface area contributed by atoms with Crippen LogP contribution in [0.2, 0.25) is 0 Å². The highest BCUT2D eigenvalue weighted by molar-refractivity contribution is 8.13. The molecule has 0 bridgehead atoms. The van der Waals surface area contributed by atoms with Crippen molar-refractivity contribution in [3.05, 3.63) is 35.9 Å². The van der Waals surface area contributed by atoms with Crippen LogP contribution in [0.3, 0.4) is 0 Å². The molecule has 0 saturated heterocycles. The molecule has 1 aromatic rings. The highest BCUT2D eigenvalue weighted by atomic mass is 32.2. The van der Waals surface area contributed by atoms with Crippen LogP contribution in [0.15, 0.2) is 30.3 Å². The Hall–Kier alpha value is -0.960. The van der Waals surface area contributed by atoms with Gasteiger partial charge in [0.1, 0.15) is 0 Å². The van der Waals surface area contributed by atoms with Crippen molar-refractivity contribution in [2.75, 3.05) is 5.75 Å². The Kier molecular flexibility index (Phi) is 4.53. The molecule has 1 atom stereocenters. The molecule has 0 amide bonds. The number of amidine groups is 1. The monoisotopic (exact) mass is 208 g/mol. The fraction of sp³-hybridized carbons (Fsp3) is 0.364. The minimum Gasteiger partial charge on any atom is -0.379 e. The summed E-state index contributed by atoms with van der Waals surface area (Å²) >= 11 is 1.42. The lowest BCUT2D eigenvalue weighted by Gasteiger charge is -2.10. The van der Waals surface area contributed by atoms with E-state index in [1.807, 2.05) is 6.07 Å². The molecule has 0 spiro atoms. The van der Waals surface area contributed by atoms with Crippen LogP contribution in [0.25, 0.3) is 0 Å². The smallest absolute Gasteiger partial charge is 0.151 e. The van der Waals surface area contributed by atoms with E-state index >= 15 is 0 Å². The second-order valence-electron chi connectivity index (χ2n) is 3.31. The zero-order valence-corrected chi connectivity index (χ0v) is 9.18. The van der Waals surface area contributed by atoms with E-state index in [-0.39, 0.29) is 5.17 Å². The highest BCUT2D eigenvalue weighted by Crippen LogP contribution is 2.20. The molecule has 0 unspecified atom stereocenters. The molecular formula is C11H16N2S. The van der Waals surface area contributed by atoms with Crippen LogP contribution in [-0.4, -0.2) is 10.9 Å². The van der Waals surface area contributed by atoms with E-state index < -0.39 is 0 Å². The number of benzene rings is 1. The van der Waals surface area contributed by atoms with E-state index in [1.165, 1.54) is 17.3 Å². The third-order valence-corrected chi connectivity index (χ3v) is 2.93. The Morgan fingerprint density at radius 2 is 2.07 bits per heavy atom. The minimum absolute atomic E-state index is 0.213. The first-order valence-electron chi connectivity index (χ1n) is 4.72. The Balaban J connectivity index is 2.36. The molecule has 0 radical (unpaired) electrons. The van der Waals surface area contributed by atoms with Crippen molar-refractivity contribution in [1.29, 1.82) is 5.41 Å². The van der Waals surface area contributed by atoms with Gasteiger partial charge in [0.05, 0.1) is 0 Å². The van der Waals surface area contributed by atoms with Gasteiger partial charge in [0.2, 0.25) is 0 Å². The molecule has 2 nitrogen and oxygen atoms in total. The van der Waals surface area contributed by atoms with Gasteiger partial charge in [0.15, 0.2) is 5.17 Å². The second kappa shape index (κ2) is 5.70. The quantitative estimate of drug-likeness (QED) is 0.590. The maximum atomic E-state index is 7.08. The molecule has 0 fully saturated rings. The van der Waals surface area contributed by atoms with Gasteiger partial charge in [-0.05, 0) is 17.9 Å². The van der Waals surface area contributed by atoms with Crippen LogP contribution in [0, 0.1) is 5.41 Å². The molecule has 3 N–H and O–H groups in total. The zero-order chi connectivity index (χ0) is 10.4. The predicted molar refractivity (Wildman–Crippen MR) is 63.8 cm³/mol. The van der Waals surface area contributed by atoms with Crippen molar-refractivity contribution in [1.82, 2.24) is 0 Å². The first-order chi connectivity index (χ1) is 6.70. The summed E-state index contributed by atoms with van der Waals surface area (Å²) in [4.78, 5) is 0. The molecule has 0 aliphatic carbocycles. The lowest BCUT2D eigenvalue weighted by Crippen LogP contribution is -2.05. The van der Waals surface area contributed by atoms with Crippen LogP contribution in [0.1, 0.15) is 24.8 Å². The van der Waals surface area contributed by atoms with Gasteiger partial charge in [0.25, 0.3) is 0 Å². The van der Waals surface area contributed by atoms with E-state index in [2.05, 4.69) is 31.2 Å². The predicted octanol–water partition coefficient (Wildman–Crippen LogP) is 2.81. The number of hydrogen-bond acceptors (Lipinski definition) is 2. The fourth-order valence-electron chi connectivity index (χ4n) is 1.29. The number of rotatable bonds is 4. The standard InChI is InChI=1S/C11H16N2S/c1-9(7-8-14-11(12)13)10-5-3-2-4-6-10/h2-6,9H,7-8H2,1H3,(H3,12,13)/t9-/m0/s1. The summed E-state index contributed by atoms with van der Waals surface area (Å²) in [6, 6.07) is 10.4. The van der Waals surface area contributed by atoms with Crippen molar-refractivity contribution in [2.45, 2.75) is 19.3 Å². The van der Waals surface area contributed by atoms with Gasteiger partial charge in [0, 0.05) is 5.75 Å². The molecule has 0 aliphatic heterocycles. The van der Waals surface area contributed by atoms with Gasteiger partial charge in [-0.1, -0.05) is 49.0 Å². The third kappa shape index (κ3) is 3.83. The third-order valence-electron chi connectivity index (χ3n) is 2.18. The molecule has 0 heterocycles. The van der Waals surface area contributed by atoms with Crippen molar-refractivity contribution in [2.24, 2.45) is 5.73 Å². The normalized spacial score (nSPS) is 12.4. The van der Waals surface area contributed by atoms with Gasteiger partial charge in [-0.25, -0.2) is 0 Å². The van der Waals surface area contributed by atoms with Crippen LogP contribution in [0.5, 0.6) is 0 Å². The van der Waals surface area contributed by atoms with E-state index in [0.29, 0.717) is 5.92 Å². The fourth-order valence-corrected chi connectivity index (χ4v) is 1.99. The average Bonchev–Trinajstić information content (AvgIpc) is 2.18. The maximum absolute atomic E-state index is 7.08. The Morgan fingerprint density at radius 3 is 2.64 bits per heavy atom. The van der Waals surface area contributed by atoms with E-state index in [9.17, 15) is 0 Å². The largest absolute Gasteiger partial charge is 0.379 e. The van der Waals surface area contributed by atoms with Crippen molar-refractivity contribution in [3.8, 4) is 0 Å².